The molecular weight excluding hydrogens is 505 g/mol. The number of hydrogen-bond acceptors (Lipinski definition) is 6. The number of nitrogens with zero attached hydrogens (tertiary/aromatic N) is 1. The number of rotatable bonds is 5. The predicted octanol–water partition coefficient (Wildman–Crippen LogP) is 6.18. The number of hydrogen-bond donors (Lipinski definition) is 0. The van der Waals surface area contributed by atoms with Gasteiger partial charge in [0.2, 0.25) is 11.5 Å². The lowest BCUT2D eigenvalue weighted by Crippen LogP contribution is -2.29. The van der Waals surface area contributed by atoms with Gasteiger partial charge in [-0.1, -0.05) is 29.3 Å². The third-order valence-corrected chi connectivity index (χ3v) is 6.91. The summed E-state index contributed by atoms with van der Waals surface area (Å²) < 4.78 is 22.5. The zero-order valence-corrected chi connectivity index (χ0v) is 21.4. The van der Waals surface area contributed by atoms with Crippen LogP contribution in [-0.4, -0.2) is 27.2 Å². The molecule has 184 valence electrons. The van der Waals surface area contributed by atoms with Crippen molar-refractivity contribution in [1.82, 2.24) is 0 Å². The van der Waals surface area contributed by atoms with E-state index in [1.165, 1.54) is 32.3 Å². The first kappa shape index (κ1) is 24.0. The predicted molar refractivity (Wildman–Crippen MR) is 138 cm³/mol. The normalized spacial score (nSPS) is 14.8. The average molecular weight is 526 g/mol. The molecule has 0 aliphatic carbocycles. The van der Waals surface area contributed by atoms with Crippen LogP contribution in [0.4, 0.5) is 5.69 Å². The van der Waals surface area contributed by atoms with Crippen molar-refractivity contribution in [2.75, 3.05) is 26.2 Å². The number of carbonyl (C=O) groups is 1. The number of amides is 1. The van der Waals surface area contributed by atoms with Crippen molar-refractivity contribution >= 4 is 45.8 Å². The summed E-state index contributed by atoms with van der Waals surface area (Å²) in [6.45, 7) is 1.87. The van der Waals surface area contributed by atoms with Crippen LogP contribution in [0.1, 0.15) is 33.3 Å². The van der Waals surface area contributed by atoms with Crippen molar-refractivity contribution in [3.8, 4) is 17.2 Å². The second-order valence-electron chi connectivity index (χ2n) is 8.28. The number of fused-ring (bicyclic) bond motifs is 2. The molecule has 0 saturated heterocycles. The molecule has 2 heterocycles. The van der Waals surface area contributed by atoms with Gasteiger partial charge in [0, 0.05) is 15.7 Å². The first-order valence-corrected chi connectivity index (χ1v) is 11.7. The Labute approximate surface area is 216 Å². The van der Waals surface area contributed by atoms with Gasteiger partial charge in [-0.2, -0.15) is 0 Å². The Balaban J connectivity index is 1.85. The van der Waals surface area contributed by atoms with Crippen LogP contribution in [-0.2, 0) is 0 Å². The second-order valence-corrected chi connectivity index (χ2v) is 9.13. The molecule has 3 aromatic carbocycles. The van der Waals surface area contributed by atoms with Crippen LogP contribution in [0.2, 0.25) is 10.0 Å². The zero-order valence-electron chi connectivity index (χ0n) is 19.8. The quantitative estimate of drug-likeness (QED) is 0.309. The zero-order chi connectivity index (χ0) is 25.7. The van der Waals surface area contributed by atoms with E-state index >= 15 is 0 Å². The largest absolute Gasteiger partial charge is 0.493 e. The standard InChI is InChI=1S/C27H21Cl2NO6/c1-13-5-7-16(12-18(13)29)30-23(14-9-20(33-2)25(35-4)21(10-14)34-3)22-24(31)17-11-15(28)6-8-19(17)36-26(22)27(30)32/h5-12,23H,1-4H3. The van der Waals surface area contributed by atoms with E-state index in [0.29, 0.717) is 38.5 Å². The smallest absolute Gasteiger partial charge is 0.295 e. The molecule has 0 spiro atoms. The highest BCUT2D eigenvalue weighted by Crippen LogP contribution is 2.46. The molecule has 0 bridgehead atoms. The summed E-state index contributed by atoms with van der Waals surface area (Å²) in [7, 11) is 4.49. The Morgan fingerprint density at radius 2 is 1.58 bits per heavy atom. The van der Waals surface area contributed by atoms with Crippen molar-refractivity contribution in [3.63, 3.8) is 0 Å². The average Bonchev–Trinajstić information content (AvgIpc) is 3.17. The van der Waals surface area contributed by atoms with Gasteiger partial charge in [-0.15, -0.1) is 0 Å². The molecule has 1 unspecified atom stereocenters. The van der Waals surface area contributed by atoms with Gasteiger partial charge in [0.15, 0.2) is 16.9 Å². The van der Waals surface area contributed by atoms with Gasteiger partial charge in [0.1, 0.15) is 5.58 Å². The van der Waals surface area contributed by atoms with Gasteiger partial charge in [0.25, 0.3) is 5.91 Å². The molecule has 7 nitrogen and oxygen atoms in total. The molecule has 1 atom stereocenters. The molecule has 0 saturated carbocycles. The van der Waals surface area contributed by atoms with Gasteiger partial charge < -0.3 is 18.6 Å². The fourth-order valence-corrected chi connectivity index (χ4v) is 4.86. The SMILES string of the molecule is COc1cc(C2c3c(oc4ccc(Cl)cc4c3=O)C(=O)N2c2ccc(C)c(Cl)c2)cc(OC)c1OC. The first-order valence-electron chi connectivity index (χ1n) is 10.9. The van der Waals surface area contributed by atoms with E-state index in [2.05, 4.69) is 0 Å². The molecule has 0 N–H and O–H groups in total. The van der Waals surface area contributed by atoms with Crippen molar-refractivity contribution in [1.29, 1.82) is 0 Å². The van der Waals surface area contributed by atoms with Crippen molar-refractivity contribution in [2.24, 2.45) is 0 Å². The maximum Gasteiger partial charge on any atom is 0.295 e. The molecule has 36 heavy (non-hydrogen) atoms. The summed E-state index contributed by atoms with van der Waals surface area (Å²) in [6.07, 6.45) is 0. The number of aryl methyl sites for hydroxylation is 1. The van der Waals surface area contributed by atoms with E-state index in [-0.39, 0.29) is 27.7 Å². The fraction of sp³-hybridized carbons (Fsp3) is 0.185. The van der Waals surface area contributed by atoms with E-state index in [1.807, 2.05) is 13.0 Å². The Morgan fingerprint density at radius 1 is 0.889 bits per heavy atom. The Kier molecular flexibility index (Phi) is 6.06. The minimum absolute atomic E-state index is 0.0507. The van der Waals surface area contributed by atoms with Crippen molar-refractivity contribution in [2.45, 2.75) is 13.0 Å². The summed E-state index contributed by atoms with van der Waals surface area (Å²) in [4.78, 5) is 29.1. The number of ether oxygens (including phenoxy) is 3. The Morgan fingerprint density at radius 3 is 2.19 bits per heavy atom. The highest BCUT2D eigenvalue weighted by molar-refractivity contribution is 6.32. The third-order valence-electron chi connectivity index (χ3n) is 6.27. The van der Waals surface area contributed by atoms with Gasteiger partial charge in [0.05, 0.1) is 38.3 Å². The van der Waals surface area contributed by atoms with E-state index in [4.69, 9.17) is 41.8 Å². The lowest BCUT2D eigenvalue weighted by Gasteiger charge is -2.26. The third kappa shape index (κ3) is 3.67. The highest BCUT2D eigenvalue weighted by Gasteiger charge is 2.44. The summed E-state index contributed by atoms with van der Waals surface area (Å²) in [5, 5.41) is 1.14. The maximum atomic E-state index is 13.8. The number of methoxy groups -OCH3 is 3. The van der Waals surface area contributed by atoms with E-state index in [0.717, 1.165) is 5.56 Å². The van der Waals surface area contributed by atoms with Gasteiger partial charge in [-0.25, -0.2) is 0 Å². The summed E-state index contributed by atoms with van der Waals surface area (Å²) in [5.74, 6) is 0.615. The number of halogens is 2. The molecule has 0 fully saturated rings. The molecule has 1 aliphatic rings. The fourth-order valence-electron chi connectivity index (χ4n) is 4.52. The Hall–Kier alpha value is -3.68. The number of benzene rings is 3. The van der Waals surface area contributed by atoms with Crippen LogP contribution in [0.5, 0.6) is 17.2 Å². The van der Waals surface area contributed by atoms with Gasteiger partial charge in [-0.05, 0) is 60.5 Å². The molecule has 1 amide bonds. The van der Waals surface area contributed by atoms with Crippen LogP contribution in [0, 0.1) is 6.92 Å². The second kappa shape index (κ2) is 9.08. The summed E-state index contributed by atoms with van der Waals surface area (Å²) in [6, 6.07) is 12.5. The minimum atomic E-state index is -0.861. The van der Waals surface area contributed by atoms with Crippen LogP contribution in [0.15, 0.2) is 57.7 Å². The topological polar surface area (TPSA) is 78.2 Å². The molecule has 5 rings (SSSR count). The molecule has 0 radical (unpaired) electrons. The highest BCUT2D eigenvalue weighted by atomic mass is 35.5. The molecule has 9 heteroatoms. The lowest BCUT2D eigenvalue weighted by atomic mass is 9.97. The Bertz CT molecular complexity index is 1570. The van der Waals surface area contributed by atoms with Crippen LogP contribution in [0.25, 0.3) is 11.0 Å². The van der Waals surface area contributed by atoms with E-state index in [9.17, 15) is 9.59 Å². The minimum Gasteiger partial charge on any atom is -0.493 e. The monoisotopic (exact) mass is 525 g/mol. The van der Waals surface area contributed by atoms with E-state index in [1.54, 1.807) is 36.4 Å². The number of carbonyl (C=O) groups excluding carboxylic acids is 1. The molecule has 1 aliphatic heterocycles. The van der Waals surface area contributed by atoms with Crippen LogP contribution >= 0.6 is 23.2 Å². The van der Waals surface area contributed by atoms with E-state index < -0.39 is 11.9 Å². The van der Waals surface area contributed by atoms with Crippen LogP contribution in [0.3, 0.4) is 0 Å². The van der Waals surface area contributed by atoms with Gasteiger partial charge in [-0.3, -0.25) is 14.5 Å². The first-order chi connectivity index (χ1) is 17.3. The summed E-state index contributed by atoms with van der Waals surface area (Å²) >= 11 is 12.6. The lowest BCUT2D eigenvalue weighted by molar-refractivity contribution is 0.0971. The molecule has 1 aromatic heterocycles. The van der Waals surface area contributed by atoms with Crippen molar-refractivity contribution < 1.29 is 23.4 Å². The molecule has 4 aromatic rings. The van der Waals surface area contributed by atoms with Gasteiger partial charge >= 0.3 is 0 Å². The number of anilines is 1. The molecular formula is C27H21Cl2NO6. The summed E-state index contributed by atoms with van der Waals surface area (Å²) in [5.41, 5.74) is 2.00. The van der Waals surface area contributed by atoms with Crippen molar-refractivity contribution in [3.05, 3.63) is 91.3 Å². The maximum absolute atomic E-state index is 13.8. The van der Waals surface area contributed by atoms with Crippen LogP contribution < -0.4 is 24.5 Å².